The molecule has 0 unspecified atom stereocenters. The summed E-state index contributed by atoms with van der Waals surface area (Å²) in [6.45, 7) is 4.09. The standard InChI is InChI=1S/C17H17N3O4S2/c1-3-23-15(22)9-25-17-20-19-16(26-17)18-14(21)7-11-8-24-13-6-10(2)4-5-12(11)13/h4-6,8H,3,7,9H2,1-2H3,(H,18,19,21). The van der Waals surface area contributed by atoms with E-state index in [1.807, 2.05) is 25.1 Å². The molecule has 3 rings (SSSR count). The first-order valence-electron chi connectivity index (χ1n) is 7.93. The number of aryl methyl sites for hydroxylation is 1. The first-order chi connectivity index (χ1) is 12.5. The van der Waals surface area contributed by atoms with Crippen LogP contribution in [0.1, 0.15) is 18.1 Å². The van der Waals surface area contributed by atoms with Crippen molar-refractivity contribution in [1.82, 2.24) is 10.2 Å². The number of anilines is 1. The molecule has 1 amide bonds. The van der Waals surface area contributed by atoms with Crippen molar-refractivity contribution in [1.29, 1.82) is 0 Å². The van der Waals surface area contributed by atoms with E-state index < -0.39 is 0 Å². The van der Waals surface area contributed by atoms with Gasteiger partial charge in [0, 0.05) is 10.9 Å². The molecule has 0 fully saturated rings. The molecule has 2 aromatic heterocycles. The predicted octanol–water partition coefficient (Wildman–Crippen LogP) is 3.43. The van der Waals surface area contributed by atoms with E-state index in [1.54, 1.807) is 13.2 Å². The van der Waals surface area contributed by atoms with Crippen molar-refractivity contribution in [2.24, 2.45) is 0 Å². The van der Waals surface area contributed by atoms with Crippen LogP contribution in [0, 0.1) is 6.92 Å². The molecule has 1 aromatic carbocycles. The van der Waals surface area contributed by atoms with Gasteiger partial charge in [-0.25, -0.2) is 0 Å². The van der Waals surface area contributed by atoms with Crippen molar-refractivity contribution in [3.8, 4) is 0 Å². The average molecular weight is 391 g/mol. The van der Waals surface area contributed by atoms with Gasteiger partial charge < -0.3 is 14.5 Å². The normalized spacial score (nSPS) is 10.8. The van der Waals surface area contributed by atoms with Crippen LogP contribution in [0.25, 0.3) is 11.0 Å². The number of ether oxygens (including phenoxy) is 1. The molecule has 26 heavy (non-hydrogen) atoms. The molecule has 0 atom stereocenters. The Morgan fingerprint density at radius 1 is 1.35 bits per heavy atom. The first-order valence-corrected chi connectivity index (χ1v) is 9.74. The molecule has 0 aliphatic rings. The number of aromatic nitrogens is 2. The lowest BCUT2D eigenvalue weighted by atomic mass is 10.1. The topological polar surface area (TPSA) is 94.3 Å². The van der Waals surface area contributed by atoms with E-state index in [0.717, 1.165) is 22.1 Å². The van der Waals surface area contributed by atoms with Gasteiger partial charge in [0.05, 0.1) is 25.0 Å². The largest absolute Gasteiger partial charge is 0.465 e. The highest BCUT2D eigenvalue weighted by Gasteiger charge is 2.14. The van der Waals surface area contributed by atoms with Gasteiger partial charge in [0.2, 0.25) is 11.0 Å². The summed E-state index contributed by atoms with van der Waals surface area (Å²) >= 11 is 2.45. The van der Waals surface area contributed by atoms with E-state index in [9.17, 15) is 9.59 Å². The highest BCUT2D eigenvalue weighted by atomic mass is 32.2. The maximum atomic E-state index is 12.3. The number of nitrogens with one attached hydrogen (secondary N) is 1. The lowest BCUT2D eigenvalue weighted by Gasteiger charge is -2.00. The van der Waals surface area contributed by atoms with Gasteiger partial charge in [-0.1, -0.05) is 35.2 Å². The molecule has 0 aliphatic heterocycles. The van der Waals surface area contributed by atoms with Crippen molar-refractivity contribution in [3.63, 3.8) is 0 Å². The lowest BCUT2D eigenvalue weighted by Crippen LogP contribution is -2.13. The molecule has 0 radical (unpaired) electrons. The zero-order valence-corrected chi connectivity index (χ0v) is 15.9. The van der Waals surface area contributed by atoms with Crippen molar-refractivity contribution in [2.45, 2.75) is 24.6 Å². The third-order valence-electron chi connectivity index (χ3n) is 3.43. The number of nitrogens with zero attached hydrogens (tertiary/aromatic N) is 2. The van der Waals surface area contributed by atoms with Gasteiger partial charge in [0.1, 0.15) is 5.58 Å². The third kappa shape index (κ3) is 4.61. The smallest absolute Gasteiger partial charge is 0.316 e. The van der Waals surface area contributed by atoms with Crippen LogP contribution in [0.3, 0.4) is 0 Å². The quantitative estimate of drug-likeness (QED) is 0.374. The van der Waals surface area contributed by atoms with Crippen LogP contribution in [-0.2, 0) is 20.7 Å². The second kappa shape index (κ2) is 8.33. The molecule has 0 saturated carbocycles. The summed E-state index contributed by atoms with van der Waals surface area (Å²) in [5, 5.41) is 11.9. The Balaban J connectivity index is 1.57. The molecule has 3 aromatic rings. The SMILES string of the molecule is CCOC(=O)CSc1nnc(NC(=O)Cc2coc3cc(C)ccc23)s1. The summed E-state index contributed by atoms with van der Waals surface area (Å²) in [6, 6.07) is 5.87. The minimum Gasteiger partial charge on any atom is -0.465 e. The lowest BCUT2D eigenvalue weighted by molar-refractivity contribution is -0.139. The number of carbonyl (C=O) groups is 2. The molecule has 2 heterocycles. The minimum absolute atomic E-state index is 0.164. The highest BCUT2D eigenvalue weighted by Crippen LogP contribution is 2.26. The number of thioether (sulfide) groups is 1. The molecular weight excluding hydrogens is 374 g/mol. The van der Waals surface area contributed by atoms with Crippen molar-refractivity contribution in [3.05, 3.63) is 35.6 Å². The van der Waals surface area contributed by atoms with Crippen LogP contribution in [0.15, 0.2) is 33.2 Å². The Morgan fingerprint density at radius 2 is 2.19 bits per heavy atom. The Bertz CT molecular complexity index is 935. The zero-order valence-electron chi connectivity index (χ0n) is 14.3. The number of carbonyl (C=O) groups excluding carboxylic acids is 2. The van der Waals surface area contributed by atoms with E-state index >= 15 is 0 Å². The van der Waals surface area contributed by atoms with Crippen molar-refractivity contribution in [2.75, 3.05) is 17.7 Å². The van der Waals surface area contributed by atoms with Crippen LogP contribution < -0.4 is 5.32 Å². The van der Waals surface area contributed by atoms with Gasteiger partial charge >= 0.3 is 5.97 Å². The van der Waals surface area contributed by atoms with Crippen molar-refractivity contribution < 1.29 is 18.7 Å². The third-order valence-corrected chi connectivity index (χ3v) is 5.38. The highest BCUT2D eigenvalue weighted by molar-refractivity contribution is 8.01. The van der Waals surface area contributed by atoms with Crippen LogP contribution in [-0.4, -0.2) is 34.4 Å². The molecular formula is C17H17N3O4S2. The number of esters is 1. The molecule has 9 heteroatoms. The predicted molar refractivity (Wildman–Crippen MR) is 101 cm³/mol. The van der Waals surface area contributed by atoms with Crippen LogP contribution in [0.5, 0.6) is 0 Å². The summed E-state index contributed by atoms with van der Waals surface area (Å²) in [6.07, 6.45) is 1.78. The summed E-state index contributed by atoms with van der Waals surface area (Å²) in [4.78, 5) is 23.6. The maximum Gasteiger partial charge on any atom is 0.316 e. The second-order valence-corrected chi connectivity index (χ2v) is 7.65. The molecule has 7 nitrogen and oxygen atoms in total. The van der Waals surface area contributed by atoms with Crippen LogP contribution in [0.4, 0.5) is 5.13 Å². The number of hydrogen-bond acceptors (Lipinski definition) is 8. The summed E-state index contributed by atoms with van der Waals surface area (Å²) in [5.74, 6) is -0.344. The van der Waals surface area contributed by atoms with E-state index in [-0.39, 0.29) is 24.1 Å². The number of fused-ring (bicyclic) bond motifs is 1. The summed E-state index contributed by atoms with van der Waals surface area (Å²) in [7, 11) is 0. The Labute approximate surface area is 158 Å². The number of benzene rings is 1. The van der Waals surface area contributed by atoms with Gasteiger partial charge in [-0.2, -0.15) is 0 Å². The van der Waals surface area contributed by atoms with E-state index in [2.05, 4.69) is 15.5 Å². The van der Waals surface area contributed by atoms with Gasteiger partial charge in [-0.3, -0.25) is 9.59 Å². The van der Waals surface area contributed by atoms with Gasteiger partial charge in [0.15, 0.2) is 4.34 Å². The average Bonchev–Trinajstić information content (AvgIpc) is 3.20. The van der Waals surface area contributed by atoms with E-state index in [0.29, 0.717) is 16.1 Å². The molecule has 0 saturated heterocycles. The number of hydrogen-bond donors (Lipinski definition) is 1. The monoisotopic (exact) mass is 391 g/mol. The van der Waals surface area contributed by atoms with E-state index in [1.165, 1.54) is 23.1 Å². The molecule has 0 bridgehead atoms. The summed E-state index contributed by atoms with van der Waals surface area (Å²) in [5.41, 5.74) is 2.69. The molecule has 0 aliphatic carbocycles. The minimum atomic E-state index is -0.305. The fourth-order valence-corrected chi connectivity index (χ4v) is 3.87. The Hall–Kier alpha value is -2.39. The van der Waals surface area contributed by atoms with E-state index in [4.69, 9.17) is 9.15 Å². The van der Waals surface area contributed by atoms with Crippen molar-refractivity contribution >= 4 is 51.1 Å². The molecule has 1 N–H and O–H groups in total. The first kappa shape index (κ1) is 18.4. The fraction of sp³-hybridized carbons (Fsp3) is 0.294. The fourth-order valence-electron chi connectivity index (χ4n) is 2.31. The molecule has 136 valence electrons. The summed E-state index contributed by atoms with van der Waals surface area (Å²) < 4.78 is 11.0. The Kier molecular flexibility index (Phi) is 5.89. The molecule has 0 spiro atoms. The Morgan fingerprint density at radius 3 is 3.00 bits per heavy atom. The van der Waals surface area contributed by atoms with Gasteiger partial charge in [-0.05, 0) is 25.5 Å². The van der Waals surface area contributed by atoms with Gasteiger partial charge in [-0.15, -0.1) is 10.2 Å². The van der Waals surface area contributed by atoms with Gasteiger partial charge in [0.25, 0.3) is 0 Å². The number of furan rings is 1. The van der Waals surface area contributed by atoms with Crippen LogP contribution >= 0.6 is 23.1 Å². The van der Waals surface area contributed by atoms with Crippen LogP contribution in [0.2, 0.25) is 0 Å². The number of rotatable bonds is 7. The second-order valence-electron chi connectivity index (χ2n) is 5.45. The zero-order chi connectivity index (χ0) is 18.5. The maximum absolute atomic E-state index is 12.3. The number of amides is 1.